The van der Waals surface area contributed by atoms with Crippen LogP contribution in [0.2, 0.25) is 5.02 Å². The summed E-state index contributed by atoms with van der Waals surface area (Å²) in [7, 11) is -3.89. The van der Waals surface area contributed by atoms with Crippen molar-refractivity contribution in [1.82, 2.24) is 10.0 Å². The molecule has 2 N–H and O–H groups in total. The highest BCUT2D eigenvalue weighted by Gasteiger charge is 2.24. The molecule has 1 amide bonds. The Balaban J connectivity index is 1.49. The summed E-state index contributed by atoms with van der Waals surface area (Å²) in [6, 6.07) is 13.2. The largest absolute Gasteiger partial charge is 0.459 e. The lowest BCUT2D eigenvalue weighted by Crippen LogP contribution is -2.32. The Kier molecular flexibility index (Phi) is 6.34. The molecule has 7 nitrogen and oxygen atoms in total. The van der Waals surface area contributed by atoms with E-state index in [9.17, 15) is 13.2 Å². The predicted molar refractivity (Wildman–Crippen MR) is 118 cm³/mol. The lowest BCUT2D eigenvalue weighted by Gasteiger charge is -2.14. The molecule has 0 radical (unpaired) electrons. The second-order valence-corrected chi connectivity index (χ2v) is 9.66. The van der Waals surface area contributed by atoms with Crippen LogP contribution in [0.25, 0.3) is 11.0 Å². The number of carbonyl (C=O) groups is 1. The molecule has 9 heteroatoms. The van der Waals surface area contributed by atoms with E-state index in [1.807, 2.05) is 30.3 Å². The Morgan fingerprint density at radius 1 is 1.23 bits per heavy atom. The number of fused-ring (bicyclic) bond motifs is 1. The van der Waals surface area contributed by atoms with Gasteiger partial charge in [-0.3, -0.25) is 4.79 Å². The Bertz CT molecular complexity index is 1170. The van der Waals surface area contributed by atoms with E-state index < -0.39 is 22.0 Å². The fourth-order valence-corrected chi connectivity index (χ4v) is 5.09. The number of ether oxygens (including phenoxy) is 1. The molecule has 1 aliphatic heterocycles. The van der Waals surface area contributed by atoms with Gasteiger partial charge in [-0.1, -0.05) is 29.8 Å². The van der Waals surface area contributed by atoms with Gasteiger partial charge < -0.3 is 14.5 Å². The molecule has 0 spiro atoms. The molecular weight excluding hydrogens is 440 g/mol. The highest BCUT2D eigenvalue weighted by Crippen LogP contribution is 2.26. The normalized spacial score (nSPS) is 17.7. The standard InChI is InChI=1S/C22H23ClN2O5S/c1-14(20-11-15-5-2-3-7-19(15)30-20)25-22(26)16-8-9-18(23)21(12-16)31(27,28)24-13-17-6-4-10-29-17/h2-3,5,7-9,11-12,14,17,24H,4,6,10,13H2,1H3,(H,25,26). The number of furan rings is 1. The average molecular weight is 463 g/mol. The zero-order valence-corrected chi connectivity index (χ0v) is 18.5. The molecule has 1 aliphatic rings. The van der Waals surface area contributed by atoms with Crippen molar-refractivity contribution in [3.05, 3.63) is 64.9 Å². The van der Waals surface area contributed by atoms with E-state index in [-0.39, 0.29) is 28.1 Å². The third-order valence-electron chi connectivity index (χ3n) is 5.23. The molecular formula is C22H23ClN2O5S. The number of hydrogen-bond donors (Lipinski definition) is 2. The predicted octanol–water partition coefficient (Wildman–Crippen LogP) is 4.03. The minimum absolute atomic E-state index is 0.0433. The quantitative estimate of drug-likeness (QED) is 0.552. The number of rotatable bonds is 7. The maximum atomic E-state index is 12.8. The van der Waals surface area contributed by atoms with Crippen molar-refractivity contribution in [2.75, 3.05) is 13.2 Å². The SMILES string of the molecule is CC(NC(=O)c1ccc(Cl)c(S(=O)(=O)NCC2CCCO2)c1)c1cc2ccccc2o1. The molecule has 31 heavy (non-hydrogen) atoms. The third-order valence-corrected chi connectivity index (χ3v) is 7.13. The first-order chi connectivity index (χ1) is 14.8. The first-order valence-corrected chi connectivity index (χ1v) is 11.9. The van der Waals surface area contributed by atoms with Gasteiger partial charge in [0.25, 0.3) is 5.91 Å². The number of amides is 1. The van der Waals surface area contributed by atoms with Crippen molar-refractivity contribution in [3.8, 4) is 0 Å². The van der Waals surface area contributed by atoms with Crippen molar-refractivity contribution < 1.29 is 22.4 Å². The van der Waals surface area contributed by atoms with Gasteiger partial charge in [0.1, 0.15) is 16.2 Å². The minimum Gasteiger partial charge on any atom is -0.459 e. The molecule has 0 aliphatic carbocycles. The lowest BCUT2D eigenvalue weighted by molar-refractivity contribution is 0.0935. The van der Waals surface area contributed by atoms with Gasteiger partial charge in [-0.2, -0.15) is 0 Å². The number of carbonyl (C=O) groups excluding carboxylic acids is 1. The number of sulfonamides is 1. The molecule has 2 heterocycles. The van der Waals surface area contributed by atoms with Crippen LogP contribution in [-0.4, -0.2) is 33.6 Å². The van der Waals surface area contributed by atoms with Gasteiger partial charge in [0.05, 0.1) is 17.2 Å². The summed E-state index contributed by atoms with van der Waals surface area (Å²) in [5.41, 5.74) is 0.917. The Morgan fingerprint density at radius 2 is 2.03 bits per heavy atom. The van der Waals surface area contributed by atoms with Crippen LogP contribution in [0.4, 0.5) is 0 Å². The van der Waals surface area contributed by atoms with Crippen molar-refractivity contribution in [3.63, 3.8) is 0 Å². The monoisotopic (exact) mass is 462 g/mol. The summed E-state index contributed by atoms with van der Waals surface area (Å²) in [5, 5.41) is 3.82. The Labute approximate surface area is 185 Å². The smallest absolute Gasteiger partial charge is 0.251 e. The van der Waals surface area contributed by atoms with E-state index in [4.69, 9.17) is 20.8 Å². The first kappa shape index (κ1) is 21.8. The minimum atomic E-state index is -3.89. The zero-order chi connectivity index (χ0) is 22.0. The molecule has 2 atom stereocenters. The summed E-state index contributed by atoms with van der Waals surface area (Å²) in [5.74, 6) is 0.176. The van der Waals surface area contributed by atoms with Crippen LogP contribution >= 0.6 is 11.6 Å². The van der Waals surface area contributed by atoms with Crippen LogP contribution in [0, 0.1) is 0 Å². The van der Waals surface area contributed by atoms with Crippen LogP contribution in [-0.2, 0) is 14.8 Å². The molecule has 1 fully saturated rings. The number of para-hydroxylation sites is 1. The molecule has 3 aromatic rings. The Morgan fingerprint density at radius 3 is 2.77 bits per heavy atom. The second-order valence-electron chi connectivity index (χ2n) is 7.51. The zero-order valence-electron chi connectivity index (χ0n) is 16.9. The van der Waals surface area contributed by atoms with Crippen LogP contribution in [0.3, 0.4) is 0 Å². The maximum Gasteiger partial charge on any atom is 0.251 e. The van der Waals surface area contributed by atoms with Gasteiger partial charge in [-0.25, -0.2) is 13.1 Å². The lowest BCUT2D eigenvalue weighted by atomic mass is 10.1. The van der Waals surface area contributed by atoms with Crippen LogP contribution in [0.5, 0.6) is 0 Å². The van der Waals surface area contributed by atoms with Crippen molar-refractivity contribution in [2.24, 2.45) is 0 Å². The maximum absolute atomic E-state index is 12.8. The van der Waals surface area contributed by atoms with E-state index in [2.05, 4.69) is 10.0 Å². The molecule has 0 saturated carbocycles. The van der Waals surface area contributed by atoms with E-state index >= 15 is 0 Å². The van der Waals surface area contributed by atoms with Gasteiger partial charge in [0, 0.05) is 24.1 Å². The molecule has 164 valence electrons. The van der Waals surface area contributed by atoms with Crippen LogP contribution in [0.1, 0.15) is 41.9 Å². The van der Waals surface area contributed by atoms with Crippen molar-refractivity contribution >= 4 is 38.5 Å². The highest BCUT2D eigenvalue weighted by atomic mass is 35.5. The molecule has 2 aromatic carbocycles. The molecule has 4 rings (SSSR count). The summed E-state index contributed by atoms with van der Waals surface area (Å²) in [6.45, 7) is 2.59. The average Bonchev–Trinajstić information content (AvgIpc) is 3.42. The number of nitrogens with one attached hydrogen (secondary N) is 2. The van der Waals surface area contributed by atoms with Crippen LogP contribution < -0.4 is 10.0 Å². The summed E-state index contributed by atoms with van der Waals surface area (Å²) >= 11 is 6.13. The van der Waals surface area contributed by atoms with E-state index in [1.165, 1.54) is 18.2 Å². The third kappa shape index (κ3) is 4.93. The fourth-order valence-electron chi connectivity index (χ4n) is 3.50. The second kappa shape index (κ2) is 9.00. The molecule has 2 unspecified atom stereocenters. The number of hydrogen-bond acceptors (Lipinski definition) is 5. The van der Waals surface area contributed by atoms with Crippen LogP contribution in [0.15, 0.2) is 57.8 Å². The van der Waals surface area contributed by atoms with Crippen molar-refractivity contribution in [2.45, 2.75) is 36.8 Å². The molecule has 0 bridgehead atoms. The molecule has 1 saturated heterocycles. The number of benzene rings is 2. The summed E-state index contributed by atoms with van der Waals surface area (Å²) in [4.78, 5) is 12.6. The first-order valence-electron chi connectivity index (χ1n) is 10.0. The van der Waals surface area contributed by atoms with E-state index in [0.717, 1.165) is 23.8 Å². The highest BCUT2D eigenvalue weighted by molar-refractivity contribution is 7.89. The number of halogens is 1. The fraction of sp³-hybridized carbons (Fsp3) is 0.318. The van der Waals surface area contributed by atoms with E-state index in [1.54, 1.807) is 6.92 Å². The van der Waals surface area contributed by atoms with Gasteiger partial charge in [0.15, 0.2) is 0 Å². The topological polar surface area (TPSA) is 97.6 Å². The summed E-state index contributed by atoms with van der Waals surface area (Å²) < 4.78 is 39.2. The van der Waals surface area contributed by atoms with Gasteiger partial charge in [-0.05, 0) is 50.1 Å². The van der Waals surface area contributed by atoms with Gasteiger partial charge in [-0.15, -0.1) is 0 Å². The summed E-state index contributed by atoms with van der Waals surface area (Å²) in [6.07, 6.45) is 1.56. The van der Waals surface area contributed by atoms with Crippen molar-refractivity contribution in [1.29, 1.82) is 0 Å². The van der Waals surface area contributed by atoms with Gasteiger partial charge in [0.2, 0.25) is 10.0 Å². The van der Waals surface area contributed by atoms with Gasteiger partial charge >= 0.3 is 0 Å². The van der Waals surface area contributed by atoms with E-state index in [0.29, 0.717) is 12.4 Å². The Hall–Kier alpha value is -2.39. The molecule has 1 aromatic heterocycles.